The minimum atomic E-state index is -5.08. The number of nitrogens with one attached hydrogen (secondary N) is 1. The molecule has 1 amide bonds. The summed E-state index contributed by atoms with van der Waals surface area (Å²) in [4.78, 5) is 31.8. The lowest BCUT2D eigenvalue weighted by atomic mass is 10.2. The van der Waals surface area contributed by atoms with Gasteiger partial charge in [0.15, 0.2) is 0 Å². The topological polar surface area (TPSA) is 109 Å². The smallest absolute Gasteiger partial charge is 0.481 e. The van der Waals surface area contributed by atoms with Gasteiger partial charge in [0.05, 0.1) is 12.0 Å². The number of aromatic nitrogens is 1. The Kier molecular flexibility index (Phi) is 11.4. The zero-order valence-electron chi connectivity index (χ0n) is 18.2. The van der Waals surface area contributed by atoms with Crippen LogP contribution in [0.3, 0.4) is 0 Å². The van der Waals surface area contributed by atoms with Crippen LogP contribution in [0.2, 0.25) is 0 Å². The molecular formula is C21H25F3N2O5S2. The van der Waals surface area contributed by atoms with Crippen molar-refractivity contribution in [3.63, 3.8) is 0 Å². The second kappa shape index (κ2) is 13.2. The predicted octanol–water partition coefficient (Wildman–Crippen LogP) is 4.62. The maximum absolute atomic E-state index is 12.5. The van der Waals surface area contributed by atoms with Gasteiger partial charge in [-0.25, -0.2) is 4.79 Å². The van der Waals surface area contributed by atoms with Crippen LogP contribution in [0, 0.1) is 20.8 Å². The number of carbonyl (C=O) groups excluding carboxylic acids is 1. The molecule has 0 spiro atoms. The average molecular weight is 507 g/mol. The molecule has 0 aliphatic carbocycles. The molecule has 33 heavy (non-hydrogen) atoms. The van der Waals surface area contributed by atoms with E-state index >= 15 is 0 Å². The molecule has 2 rings (SSSR count). The third-order valence-electron chi connectivity index (χ3n) is 4.13. The van der Waals surface area contributed by atoms with Gasteiger partial charge < -0.3 is 20.1 Å². The van der Waals surface area contributed by atoms with Crippen LogP contribution in [0.15, 0.2) is 30.3 Å². The molecule has 0 saturated carbocycles. The summed E-state index contributed by atoms with van der Waals surface area (Å²) in [5, 5.41) is 18.6. The van der Waals surface area contributed by atoms with Crippen LogP contribution in [-0.2, 0) is 9.59 Å². The van der Waals surface area contributed by atoms with E-state index in [1.165, 1.54) is 16.4 Å². The van der Waals surface area contributed by atoms with Gasteiger partial charge in [-0.05, 0) is 44.5 Å². The van der Waals surface area contributed by atoms with Crippen LogP contribution in [0.25, 0.3) is 5.69 Å². The summed E-state index contributed by atoms with van der Waals surface area (Å²) in [5.74, 6) is -2.30. The Balaban J connectivity index is 0.000000675. The molecule has 12 heteroatoms. The first kappa shape index (κ1) is 28.4. The van der Waals surface area contributed by atoms with E-state index in [9.17, 15) is 22.8 Å². The Labute approximate surface area is 197 Å². The van der Waals surface area contributed by atoms with Gasteiger partial charge in [-0.3, -0.25) is 9.59 Å². The summed E-state index contributed by atoms with van der Waals surface area (Å²) >= 11 is 0. The molecule has 0 aliphatic heterocycles. The van der Waals surface area contributed by atoms with E-state index in [-0.39, 0.29) is 12.3 Å². The van der Waals surface area contributed by atoms with E-state index in [1.807, 2.05) is 32.0 Å². The van der Waals surface area contributed by atoms with Gasteiger partial charge in [0, 0.05) is 35.1 Å². The van der Waals surface area contributed by atoms with Gasteiger partial charge in [0.1, 0.15) is 0 Å². The summed E-state index contributed by atoms with van der Waals surface area (Å²) in [6, 6.07) is 10.1. The van der Waals surface area contributed by atoms with Crippen LogP contribution in [-0.4, -0.2) is 56.9 Å². The van der Waals surface area contributed by atoms with Crippen molar-refractivity contribution in [3.05, 3.63) is 52.8 Å². The summed E-state index contributed by atoms with van der Waals surface area (Å²) in [5.41, 5.74) is 4.88. The van der Waals surface area contributed by atoms with Crippen molar-refractivity contribution in [2.45, 2.75) is 33.4 Å². The second-order valence-electron chi connectivity index (χ2n) is 6.81. The molecule has 7 nitrogen and oxygen atoms in total. The highest BCUT2D eigenvalue weighted by atomic mass is 33.1. The molecule has 0 bridgehead atoms. The molecule has 0 fully saturated rings. The number of rotatable bonds is 9. The number of amides is 1. The number of halogens is 3. The van der Waals surface area contributed by atoms with Crippen molar-refractivity contribution in [1.82, 2.24) is 9.88 Å². The number of alkyl halides is 3. The molecule has 182 valence electrons. The zero-order valence-corrected chi connectivity index (χ0v) is 19.9. The van der Waals surface area contributed by atoms with Crippen molar-refractivity contribution < 1.29 is 37.8 Å². The molecule has 2 aromatic rings. The van der Waals surface area contributed by atoms with E-state index in [4.69, 9.17) is 15.0 Å². The van der Waals surface area contributed by atoms with E-state index in [1.54, 1.807) is 10.8 Å². The Morgan fingerprint density at radius 2 is 1.64 bits per heavy atom. The minimum absolute atomic E-state index is 0.0758. The third-order valence-corrected chi connectivity index (χ3v) is 6.54. The van der Waals surface area contributed by atoms with Crippen LogP contribution in [0.4, 0.5) is 13.2 Å². The molecule has 0 atom stereocenters. The molecule has 3 N–H and O–H groups in total. The highest BCUT2D eigenvalue weighted by Crippen LogP contribution is 2.23. The quantitative estimate of drug-likeness (QED) is 0.336. The fourth-order valence-corrected chi connectivity index (χ4v) is 4.59. The molecule has 0 radical (unpaired) electrons. The Morgan fingerprint density at radius 1 is 1.03 bits per heavy atom. The molecule has 1 aromatic heterocycles. The molecule has 0 aliphatic rings. The van der Waals surface area contributed by atoms with Gasteiger partial charge in [0.2, 0.25) is 0 Å². The van der Waals surface area contributed by atoms with Crippen LogP contribution >= 0.6 is 21.6 Å². The third kappa shape index (κ3) is 9.82. The number of hydrogen-bond donors (Lipinski definition) is 3. The summed E-state index contributed by atoms with van der Waals surface area (Å²) < 4.78 is 33.8. The van der Waals surface area contributed by atoms with Crippen LogP contribution in [0.1, 0.15) is 33.7 Å². The van der Waals surface area contributed by atoms with Crippen molar-refractivity contribution >= 4 is 39.4 Å². The van der Waals surface area contributed by atoms with E-state index < -0.39 is 18.1 Å². The number of aliphatic carboxylic acids is 2. The molecule has 1 heterocycles. The number of nitrogens with zero attached hydrogens (tertiary/aromatic N) is 1. The number of benzene rings is 1. The van der Waals surface area contributed by atoms with E-state index in [0.29, 0.717) is 17.9 Å². The van der Waals surface area contributed by atoms with Gasteiger partial charge in [-0.2, -0.15) is 13.2 Å². The minimum Gasteiger partial charge on any atom is -0.481 e. The van der Waals surface area contributed by atoms with Crippen molar-refractivity contribution in [2.24, 2.45) is 0 Å². The first-order chi connectivity index (χ1) is 15.3. The van der Waals surface area contributed by atoms with Crippen LogP contribution in [0.5, 0.6) is 0 Å². The summed E-state index contributed by atoms with van der Waals surface area (Å²) in [6.07, 6.45) is -4.92. The predicted molar refractivity (Wildman–Crippen MR) is 123 cm³/mol. The lowest BCUT2D eigenvalue weighted by Gasteiger charge is -2.11. The summed E-state index contributed by atoms with van der Waals surface area (Å²) in [7, 11) is 3.09. The molecule has 0 saturated heterocycles. The Morgan fingerprint density at radius 3 is 2.18 bits per heavy atom. The van der Waals surface area contributed by atoms with Crippen molar-refractivity contribution in [2.75, 3.05) is 18.1 Å². The standard InChI is InChI=1S/C19H24N2O3S2.C2HF3O2/c1-13-5-4-6-16(11-13)21-14(2)12-17(15(21)3)19(24)20-8-10-26-25-9-7-18(22)23;3-2(4,5)1(6)7/h4-6,11-12H,7-10H2,1-3H3,(H,20,24)(H,22,23);(H,6,7). The maximum atomic E-state index is 12.5. The lowest BCUT2D eigenvalue weighted by Crippen LogP contribution is -2.26. The number of carbonyl (C=O) groups is 3. The normalized spacial score (nSPS) is 10.8. The zero-order chi connectivity index (χ0) is 25.2. The molecule has 1 aromatic carbocycles. The van der Waals surface area contributed by atoms with Gasteiger partial charge >= 0.3 is 18.1 Å². The van der Waals surface area contributed by atoms with Gasteiger partial charge in [0.25, 0.3) is 5.91 Å². The fraction of sp³-hybridized carbons (Fsp3) is 0.381. The highest BCUT2D eigenvalue weighted by molar-refractivity contribution is 8.76. The van der Waals surface area contributed by atoms with Crippen molar-refractivity contribution in [3.8, 4) is 5.69 Å². The number of carboxylic acids is 2. The Hall–Kier alpha value is -2.60. The van der Waals surface area contributed by atoms with Crippen LogP contribution < -0.4 is 5.32 Å². The molecule has 0 unspecified atom stereocenters. The average Bonchev–Trinajstić information content (AvgIpc) is 3.00. The van der Waals surface area contributed by atoms with E-state index in [2.05, 4.69) is 28.9 Å². The van der Waals surface area contributed by atoms with E-state index in [0.717, 1.165) is 22.8 Å². The van der Waals surface area contributed by atoms with Gasteiger partial charge in [-0.15, -0.1) is 0 Å². The largest absolute Gasteiger partial charge is 0.490 e. The fourth-order valence-electron chi connectivity index (χ4n) is 2.71. The SMILES string of the molecule is Cc1cccc(-n2c(C)cc(C(=O)NCCSSCCC(=O)O)c2C)c1.O=C(O)C(F)(F)F. The molecular weight excluding hydrogens is 481 g/mol. The monoisotopic (exact) mass is 506 g/mol. The second-order valence-corrected chi connectivity index (χ2v) is 9.51. The number of aryl methyl sites for hydroxylation is 2. The number of hydrogen-bond acceptors (Lipinski definition) is 5. The van der Waals surface area contributed by atoms with Crippen molar-refractivity contribution in [1.29, 1.82) is 0 Å². The first-order valence-corrected chi connectivity index (χ1v) is 12.1. The highest BCUT2D eigenvalue weighted by Gasteiger charge is 2.38. The lowest BCUT2D eigenvalue weighted by molar-refractivity contribution is -0.192. The first-order valence-electron chi connectivity index (χ1n) is 9.65. The maximum Gasteiger partial charge on any atom is 0.490 e. The number of carboxylic acid groups (broad SMARTS) is 2. The van der Waals surface area contributed by atoms with Gasteiger partial charge in [-0.1, -0.05) is 33.7 Å². The summed E-state index contributed by atoms with van der Waals surface area (Å²) in [6.45, 7) is 6.57. The Bertz CT molecular complexity index is 977.